The van der Waals surface area contributed by atoms with E-state index in [9.17, 15) is 5.26 Å². The van der Waals surface area contributed by atoms with Crippen LogP contribution in [0.2, 0.25) is 0 Å². The zero-order valence-electron chi connectivity index (χ0n) is 23.5. The van der Waals surface area contributed by atoms with Gasteiger partial charge in [-0.3, -0.25) is 4.57 Å². The summed E-state index contributed by atoms with van der Waals surface area (Å²) in [5, 5.41) is 20.8. The quantitative estimate of drug-likeness (QED) is 0.230. The van der Waals surface area contributed by atoms with E-state index in [2.05, 4.69) is 117 Å². The lowest BCUT2D eigenvalue weighted by molar-refractivity contribution is 0.837. The molecule has 5 aromatic carbocycles. The number of rotatable bonds is 2. The summed E-state index contributed by atoms with van der Waals surface area (Å²) in [6.07, 6.45) is 8.33. The van der Waals surface area contributed by atoms with E-state index in [1.165, 1.54) is 48.9 Å². The molecule has 5 heteroatoms. The Morgan fingerprint density at radius 2 is 1.36 bits per heavy atom. The van der Waals surface area contributed by atoms with Gasteiger partial charge in [-0.2, -0.15) is 5.26 Å². The normalized spacial score (nSPS) is 16.4. The first-order valence-corrected chi connectivity index (χ1v) is 14.8. The van der Waals surface area contributed by atoms with Crippen LogP contribution >= 0.6 is 0 Å². The van der Waals surface area contributed by atoms with Crippen LogP contribution in [-0.2, 0) is 0 Å². The molecule has 4 heterocycles. The minimum atomic E-state index is -0.0464. The van der Waals surface area contributed by atoms with E-state index in [-0.39, 0.29) is 6.04 Å². The number of nitriles is 1. The number of nitrogens with zero attached hydrogens (tertiary/aromatic N) is 4. The number of aliphatic imine (C=N–C) groups is 1. The molecule has 2 aliphatic rings. The van der Waals surface area contributed by atoms with Crippen LogP contribution in [0.25, 0.3) is 71.4 Å². The van der Waals surface area contributed by atoms with Gasteiger partial charge >= 0.3 is 0 Å². The summed E-state index contributed by atoms with van der Waals surface area (Å²) in [6.45, 7) is 0. The Morgan fingerprint density at radius 3 is 2.14 bits per heavy atom. The summed E-state index contributed by atoms with van der Waals surface area (Å²) in [5.41, 5.74) is 9.36. The maximum atomic E-state index is 9.48. The molecular formula is C39H23N5. The molecule has 3 aromatic heterocycles. The van der Waals surface area contributed by atoms with Crippen molar-refractivity contribution in [2.45, 2.75) is 6.04 Å². The molecule has 5 nitrogen and oxygen atoms in total. The highest BCUT2D eigenvalue weighted by Gasteiger charge is 2.29. The van der Waals surface area contributed by atoms with Crippen LogP contribution < -0.4 is 5.32 Å². The number of hydrogen-bond acceptors (Lipinski definition) is 3. The topological polar surface area (TPSA) is 57.5 Å². The summed E-state index contributed by atoms with van der Waals surface area (Å²) in [4.78, 5) is 5.26. The number of hydrogen-bond donors (Lipinski definition) is 1. The third-order valence-electron chi connectivity index (χ3n) is 9.28. The summed E-state index contributed by atoms with van der Waals surface area (Å²) in [7, 11) is 0. The largest absolute Gasteiger partial charge is 0.357 e. The van der Waals surface area contributed by atoms with Crippen molar-refractivity contribution >= 4 is 77.1 Å². The highest BCUT2D eigenvalue weighted by molar-refractivity contribution is 6.36. The van der Waals surface area contributed by atoms with Crippen molar-refractivity contribution in [3.8, 4) is 6.07 Å². The van der Waals surface area contributed by atoms with Crippen molar-refractivity contribution in [1.29, 1.82) is 5.26 Å². The zero-order chi connectivity index (χ0) is 28.9. The fraction of sp³-hybridized carbons (Fsp3) is 0.0256. The fourth-order valence-corrected chi connectivity index (χ4v) is 7.44. The molecule has 1 aliphatic carbocycles. The maximum Gasteiger partial charge on any atom is 0.138 e. The molecule has 1 unspecified atom stereocenters. The van der Waals surface area contributed by atoms with Gasteiger partial charge in [0.15, 0.2) is 0 Å². The Hall–Kier alpha value is -6.12. The molecule has 10 rings (SSSR count). The molecule has 204 valence electrons. The first-order chi connectivity index (χ1) is 21.8. The minimum absolute atomic E-state index is 0.0464. The number of benzene rings is 5. The van der Waals surface area contributed by atoms with Crippen molar-refractivity contribution in [2.75, 3.05) is 0 Å². The van der Waals surface area contributed by atoms with Gasteiger partial charge in [0.1, 0.15) is 11.5 Å². The average Bonchev–Trinajstić information content (AvgIpc) is 3.72. The molecule has 0 fully saturated rings. The SMILES string of the molecule is N#Cc1ccc(C2=C(n3c4ccccc4c4c5c6ccccc6n6c7ccccc7c(cc43)c56)NC3C=CC=CC3=N2)cc1. The molecule has 0 bridgehead atoms. The molecule has 0 saturated carbocycles. The van der Waals surface area contributed by atoms with E-state index in [0.29, 0.717) is 5.56 Å². The molecule has 0 spiro atoms. The van der Waals surface area contributed by atoms with Gasteiger partial charge in [-0.25, -0.2) is 4.99 Å². The Labute approximate surface area is 251 Å². The van der Waals surface area contributed by atoms with Crippen LogP contribution in [0.3, 0.4) is 0 Å². The monoisotopic (exact) mass is 561 g/mol. The predicted molar refractivity (Wildman–Crippen MR) is 181 cm³/mol. The van der Waals surface area contributed by atoms with Crippen molar-refractivity contribution in [3.63, 3.8) is 0 Å². The third-order valence-corrected chi connectivity index (χ3v) is 9.28. The molecule has 1 aliphatic heterocycles. The summed E-state index contributed by atoms with van der Waals surface area (Å²) >= 11 is 0. The number of fused-ring (bicyclic) bond motifs is 11. The van der Waals surface area contributed by atoms with Gasteiger partial charge in [-0.1, -0.05) is 85.0 Å². The fourth-order valence-electron chi connectivity index (χ4n) is 7.44. The predicted octanol–water partition coefficient (Wildman–Crippen LogP) is 8.64. The van der Waals surface area contributed by atoms with Crippen molar-refractivity contribution in [3.05, 3.63) is 139 Å². The number of aromatic nitrogens is 2. The van der Waals surface area contributed by atoms with Gasteiger partial charge in [0.05, 0.1) is 51.0 Å². The van der Waals surface area contributed by atoms with Crippen LogP contribution in [0.15, 0.2) is 132 Å². The van der Waals surface area contributed by atoms with Crippen molar-refractivity contribution in [2.24, 2.45) is 4.99 Å². The summed E-state index contributed by atoms with van der Waals surface area (Å²) < 4.78 is 4.81. The highest BCUT2D eigenvalue weighted by atomic mass is 15.2. The lowest BCUT2D eigenvalue weighted by Gasteiger charge is -2.29. The molecule has 0 radical (unpaired) electrons. The number of para-hydroxylation sites is 3. The smallest absolute Gasteiger partial charge is 0.138 e. The molecule has 0 amide bonds. The second-order valence-corrected chi connectivity index (χ2v) is 11.6. The Kier molecular flexibility index (Phi) is 4.51. The van der Waals surface area contributed by atoms with Crippen LogP contribution in [0.5, 0.6) is 0 Å². The minimum Gasteiger partial charge on any atom is -0.357 e. The van der Waals surface area contributed by atoms with Gasteiger partial charge in [0.2, 0.25) is 0 Å². The van der Waals surface area contributed by atoms with Crippen LogP contribution in [0, 0.1) is 11.3 Å². The number of nitrogens with one attached hydrogen (secondary N) is 1. The molecule has 0 saturated heterocycles. The van der Waals surface area contributed by atoms with Gasteiger partial charge in [0.25, 0.3) is 0 Å². The van der Waals surface area contributed by atoms with Crippen LogP contribution in [0.4, 0.5) is 0 Å². The average molecular weight is 562 g/mol. The summed E-state index contributed by atoms with van der Waals surface area (Å²) in [5.74, 6) is 0.927. The molecule has 8 aromatic rings. The van der Waals surface area contributed by atoms with Gasteiger partial charge in [-0.15, -0.1) is 0 Å². The van der Waals surface area contributed by atoms with Gasteiger partial charge < -0.3 is 9.72 Å². The zero-order valence-corrected chi connectivity index (χ0v) is 23.5. The number of allylic oxidation sites excluding steroid dienone is 2. The Morgan fingerprint density at radius 1 is 0.682 bits per heavy atom. The molecule has 44 heavy (non-hydrogen) atoms. The summed E-state index contributed by atoms with van der Waals surface area (Å²) in [6, 6.07) is 38.5. The van der Waals surface area contributed by atoms with Crippen LogP contribution in [-0.4, -0.2) is 20.7 Å². The van der Waals surface area contributed by atoms with E-state index >= 15 is 0 Å². The van der Waals surface area contributed by atoms with Gasteiger partial charge in [-0.05, 0) is 42.5 Å². The molecule has 1 atom stereocenters. The van der Waals surface area contributed by atoms with Gasteiger partial charge in [0, 0.05) is 37.9 Å². The van der Waals surface area contributed by atoms with Crippen molar-refractivity contribution < 1.29 is 0 Å². The molecule has 1 N–H and O–H groups in total. The van der Waals surface area contributed by atoms with E-state index in [1.807, 2.05) is 30.3 Å². The second kappa shape index (κ2) is 8.47. The highest BCUT2D eigenvalue weighted by Crippen LogP contribution is 2.47. The van der Waals surface area contributed by atoms with E-state index < -0.39 is 0 Å². The first-order valence-electron chi connectivity index (χ1n) is 14.8. The lowest BCUT2D eigenvalue weighted by atomic mass is 10.0. The van der Waals surface area contributed by atoms with E-state index in [0.717, 1.165) is 33.8 Å². The van der Waals surface area contributed by atoms with Crippen molar-refractivity contribution in [1.82, 2.24) is 14.3 Å². The van der Waals surface area contributed by atoms with E-state index in [4.69, 9.17) is 4.99 Å². The van der Waals surface area contributed by atoms with E-state index in [1.54, 1.807) is 0 Å². The van der Waals surface area contributed by atoms with Crippen LogP contribution in [0.1, 0.15) is 11.1 Å². The second-order valence-electron chi connectivity index (χ2n) is 11.6. The standard InChI is InChI=1S/C39H23N5/c40-22-23-17-19-24(20-18-23)37-39(42-30-13-5-4-12-29(30)41-37)44-33-16-8-2-10-26(33)35-34(44)21-28-25-9-1-6-14-31(25)43-32-15-7-3-11-27(32)36(35)38(28)43/h1-21,30,42H. The Bertz CT molecular complexity index is 2690. The molecular weight excluding hydrogens is 538 g/mol. The Balaban J connectivity index is 1.42. The lowest BCUT2D eigenvalue weighted by Crippen LogP contribution is -2.38. The first kappa shape index (κ1) is 23.4. The maximum absolute atomic E-state index is 9.48. The third kappa shape index (κ3) is 2.94.